The fourth-order valence-electron chi connectivity index (χ4n) is 1.00. The molecule has 2 aromatic heterocycles. The van der Waals surface area contributed by atoms with Crippen LogP contribution < -0.4 is 16.2 Å². The molecule has 6 nitrogen and oxygen atoms in total. The number of thiophene rings is 1. The lowest BCUT2D eigenvalue weighted by molar-refractivity contribution is 0.212. The molecule has 0 spiro atoms. The van der Waals surface area contributed by atoms with E-state index in [9.17, 15) is 4.79 Å². The zero-order chi connectivity index (χ0) is 10.1. The van der Waals surface area contributed by atoms with E-state index in [0.717, 1.165) is 11.3 Å². The Hall–Kier alpha value is -1.89. The Morgan fingerprint density at radius 2 is 2.36 bits per heavy atom. The molecule has 0 aliphatic heterocycles. The summed E-state index contributed by atoms with van der Waals surface area (Å²) >= 11 is 1.15. The molecular weight excluding hydrogens is 204 g/mol. The van der Waals surface area contributed by atoms with Gasteiger partial charge in [-0.3, -0.25) is 0 Å². The Morgan fingerprint density at radius 3 is 3.00 bits per heavy atom. The Balaban J connectivity index is 2.57. The van der Waals surface area contributed by atoms with Crippen molar-refractivity contribution in [1.29, 1.82) is 0 Å². The Kier molecular flexibility index (Phi) is 1.93. The predicted molar refractivity (Wildman–Crippen MR) is 52.0 cm³/mol. The van der Waals surface area contributed by atoms with Crippen molar-refractivity contribution in [2.45, 2.75) is 0 Å². The van der Waals surface area contributed by atoms with E-state index in [1.165, 1.54) is 6.33 Å². The van der Waals surface area contributed by atoms with Crippen LogP contribution in [0.2, 0.25) is 0 Å². The van der Waals surface area contributed by atoms with Crippen LogP contribution in [0.5, 0.6) is 5.06 Å². The number of rotatable bonds is 1. The number of fused-ring (bicyclic) bond motifs is 1. The van der Waals surface area contributed by atoms with Crippen molar-refractivity contribution in [3.63, 3.8) is 0 Å². The molecule has 0 bridgehead atoms. The minimum absolute atomic E-state index is 0.257. The smallest absolute Gasteiger partial charge is 0.397 e. The van der Waals surface area contributed by atoms with Gasteiger partial charge < -0.3 is 16.2 Å². The van der Waals surface area contributed by atoms with E-state index in [-0.39, 0.29) is 5.06 Å². The normalized spacial score (nSPS) is 10.3. The minimum Gasteiger partial charge on any atom is -0.397 e. The van der Waals surface area contributed by atoms with Crippen molar-refractivity contribution in [2.75, 3.05) is 5.73 Å². The summed E-state index contributed by atoms with van der Waals surface area (Å²) in [5, 5.41) is 0.918. The van der Waals surface area contributed by atoms with E-state index in [1.54, 1.807) is 6.20 Å². The molecule has 1 amide bonds. The van der Waals surface area contributed by atoms with Gasteiger partial charge >= 0.3 is 6.09 Å². The fraction of sp³-hybridized carbons (Fsp3) is 0. The molecule has 14 heavy (non-hydrogen) atoms. The molecular formula is C7H6N4O2S. The summed E-state index contributed by atoms with van der Waals surface area (Å²) in [4.78, 5) is 18.9. The summed E-state index contributed by atoms with van der Waals surface area (Å²) in [7, 11) is 0. The van der Waals surface area contributed by atoms with E-state index in [2.05, 4.69) is 9.97 Å². The maximum Gasteiger partial charge on any atom is 0.410 e. The summed E-state index contributed by atoms with van der Waals surface area (Å²) < 4.78 is 4.69. The van der Waals surface area contributed by atoms with E-state index < -0.39 is 6.09 Å². The molecule has 0 unspecified atom stereocenters. The number of nitrogens with zero attached hydrogens (tertiary/aromatic N) is 2. The number of ether oxygens (including phenoxy) is 1. The summed E-state index contributed by atoms with van der Waals surface area (Å²) in [5.41, 5.74) is 10.9. The Bertz CT molecular complexity index is 495. The second kappa shape index (κ2) is 3.11. The summed E-state index contributed by atoms with van der Waals surface area (Å²) in [6.45, 7) is 0. The third-order valence-electron chi connectivity index (χ3n) is 1.57. The number of primary amides is 1. The lowest BCUT2D eigenvalue weighted by atomic mass is 10.4. The molecule has 0 saturated carbocycles. The second-order valence-electron chi connectivity index (χ2n) is 2.47. The first-order valence-corrected chi connectivity index (χ1v) is 4.45. The highest BCUT2D eigenvalue weighted by molar-refractivity contribution is 7.21. The molecule has 72 valence electrons. The number of anilines is 1. The zero-order valence-electron chi connectivity index (χ0n) is 6.93. The number of nitrogen functional groups attached to an aromatic ring is 1. The van der Waals surface area contributed by atoms with Gasteiger partial charge in [-0.15, -0.1) is 0 Å². The number of carbonyl (C=O) groups excluding carboxylic acids is 1. The van der Waals surface area contributed by atoms with Gasteiger partial charge in [0.1, 0.15) is 11.2 Å². The molecule has 4 N–H and O–H groups in total. The summed E-state index contributed by atoms with van der Waals surface area (Å²) in [6.07, 6.45) is 2.06. The fourth-order valence-corrected chi connectivity index (χ4v) is 1.90. The Morgan fingerprint density at radius 1 is 1.57 bits per heavy atom. The number of aromatic nitrogens is 2. The first kappa shape index (κ1) is 8.70. The number of hydrogen-bond acceptors (Lipinski definition) is 6. The molecule has 7 heteroatoms. The lowest BCUT2D eigenvalue weighted by Crippen LogP contribution is -2.16. The van der Waals surface area contributed by atoms with E-state index >= 15 is 0 Å². The summed E-state index contributed by atoms with van der Waals surface area (Å²) in [6, 6.07) is 0. The molecule has 0 atom stereocenters. The average molecular weight is 210 g/mol. The largest absolute Gasteiger partial charge is 0.410 e. The first-order chi connectivity index (χ1) is 6.68. The first-order valence-electron chi connectivity index (χ1n) is 3.63. The third kappa shape index (κ3) is 1.33. The van der Waals surface area contributed by atoms with Gasteiger partial charge in [0, 0.05) is 6.20 Å². The van der Waals surface area contributed by atoms with Crippen molar-refractivity contribution in [1.82, 2.24) is 9.97 Å². The molecule has 0 aliphatic rings. The molecule has 0 fully saturated rings. The van der Waals surface area contributed by atoms with Crippen molar-refractivity contribution in [3.8, 4) is 5.06 Å². The molecule has 0 aliphatic carbocycles. The quantitative estimate of drug-likeness (QED) is 0.722. The SMILES string of the molecule is NC(=O)Oc1sc2ncncc2c1N. The van der Waals surface area contributed by atoms with Gasteiger partial charge in [-0.1, -0.05) is 11.3 Å². The van der Waals surface area contributed by atoms with Gasteiger partial charge in [-0.2, -0.15) is 0 Å². The molecule has 0 aromatic carbocycles. The lowest BCUT2D eigenvalue weighted by Gasteiger charge is -1.96. The van der Waals surface area contributed by atoms with Crippen LogP contribution in [0.15, 0.2) is 12.5 Å². The monoisotopic (exact) mass is 210 g/mol. The topological polar surface area (TPSA) is 104 Å². The van der Waals surface area contributed by atoms with Crippen LogP contribution in [0.4, 0.5) is 10.5 Å². The number of carbonyl (C=O) groups is 1. The molecule has 0 radical (unpaired) electrons. The zero-order valence-corrected chi connectivity index (χ0v) is 7.75. The predicted octanol–water partition coefficient (Wildman–Crippen LogP) is 0.731. The number of hydrogen-bond donors (Lipinski definition) is 2. The van der Waals surface area contributed by atoms with Crippen LogP contribution in [-0.4, -0.2) is 16.1 Å². The van der Waals surface area contributed by atoms with Gasteiger partial charge in [0.2, 0.25) is 5.06 Å². The van der Waals surface area contributed by atoms with Crippen LogP contribution in [0.25, 0.3) is 10.2 Å². The van der Waals surface area contributed by atoms with E-state index in [0.29, 0.717) is 15.9 Å². The van der Waals surface area contributed by atoms with Crippen LogP contribution in [0.1, 0.15) is 0 Å². The highest BCUT2D eigenvalue weighted by Gasteiger charge is 2.13. The highest BCUT2D eigenvalue weighted by atomic mass is 32.1. The average Bonchev–Trinajstić information content (AvgIpc) is 2.44. The standard InChI is InChI=1S/C7H6N4O2S/c8-4-3-1-10-2-11-5(3)14-6(4)13-7(9)12/h1-2H,8H2,(H2,9,12). The molecule has 2 rings (SSSR count). The highest BCUT2D eigenvalue weighted by Crippen LogP contribution is 2.38. The van der Waals surface area contributed by atoms with E-state index in [1.807, 2.05) is 0 Å². The molecule has 2 heterocycles. The maximum atomic E-state index is 10.5. The van der Waals surface area contributed by atoms with Crippen LogP contribution in [0, 0.1) is 0 Å². The van der Waals surface area contributed by atoms with E-state index in [4.69, 9.17) is 16.2 Å². The molecule has 0 saturated heterocycles. The summed E-state index contributed by atoms with van der Waals surface area (Å²) in [5.74, 6) is 0. The van der Waals surface area contributed by atoms with Crippen LogP contribution in [-0.2, 0) is 0 Å². The van der Waals surface area contributed by atoms with Gasteiger partial charge in [0.25, 0.3) is 0 Å². The van der Waals surface area contributed by atoms with Gasteiger partial charge in [0.05, 0.1) is 11.1 Å². The number of nitrogens with two attached hydrogens (primary N) is 2. The van der Waals surface area contributed by atoms with Crippen molar-refractivity contribution in [3.05, 3.63) is 12.5 Å². The van der Waals surface area contributed by atoms with Crippen molar-refractivity contribution >= 4 is 33.3 Å². The maximum absolute atomic E-state index is 10.5. The molecule has 2 aromatic rings. The van der Waals surface area contributed by atoms with Crippen molar-refractivity contribution in [2.24, 2.45) is 5.73 Å². The van der Waals surface area contributed by atoms with Gasteiger partial charge in [-0.05, 0) is 0 Å². The van der Waals surface area contributed by atoms with Crippen LogP contribution in [0.3, 0.4) is 0 Å². The van der Waals surface area contributed by atoms with Gasteiger partial charge in [-0.25, -0.2) is 14.8 Å². The number of amides is 1. The van der Waals surface area contributed by atoms with Crippen LogP contribution >= 0.6 is 11.3 Å². The van der Waals surface area contributed by atoms with Crippen molar-refractivity contribution < 1.29 is 9.53 Å². The second-order valence-corrected chi connectivity index (χ2v) is 3.43. The third-order valence-corrected chi connectivity index (χ3v) is 2.58. The van der Waals surface area contributed by atoms with Gasteiger partial charge in [0.15, 0.2) is 0 Å². The minimum atomic E-state index is -0.892. The Labute approximate surface area is 82.5 Å².